The van der Waals surface area contributed by atoms with Crippen LogP contribution in [0, 0.1) is 5.41 Å². The van der Waals surface area contributed by atoms with E-state index in [0.29, 0.717) is 0 Å². The number of rotatable bonds is 2. The van der Waals surface area contributed by atoms with Gasteiger partial charge in [-0.1, -0.05) is 12.1 Å². The summed E-state index contributed by atoms with van der Waals surface area (Å²) < 4.78 is 3.13. The molecule has 0 bridgehead atoms. The molecule has 2 N–H and O–H groups in total. The highest BCUT2D eigenvalue weighted by Crippen LogP contribution is 2.10. The average molecular weight is 285 g/mol. The predicted octanol–water partition coefficient (Wildman–Crippen LogP) is -2.45. The number of halogens is 1. The minimum absolute atomic E-state index is 0. The summed E-state index contributed by atoms with van der Waals surface area (Å²) in [5.41, 5.74) is 1.83. The number of hydrogen-bond donors (Lipinski definition) is 2. The number of nitrogens with one attached hydrogen (secondary N) is 1. The lowest BCUT2D eigenvalue weighted by Gasteiger charge is -1.98. The van der Waals surface area contributed by atoms with Gasteiger partial charge in [0.25, 0.3) is 0 Å². The third-order valence-corrected chi connectivity index (χ3v) is 2.40. The zero-order valence-electron chi connectivity index (χ0n) is 8.64. The maximum Gasteiger partial charge on any atom is 0.323 e. The lowest BCUT2D eigenvalue weighted by atomic mass is 10.3. The number of benzene rings is 1. The molecule has 0 saturated carbocycles. The summed E-state index contributed by atoms with van der Waals surface area (Å²) in [6.07, 6.45) is 0. The average Bonchev–Trinajstić information content (AvgIpc) is 2.44. The first kappa shape index (κ1) is 12.5. The Morgan fingerprint density at radius 1 is 1.38 bits per heavy atom. The number of imidazole rings is 1. The highest BCUT2D eigenvalue weighted by molar-refractivity contribution is 5.78. The van der Waals surface area contributed by atoms with Crippen LogP contribution in [0.2, 0.25) is 0 Å². The second-order valence-electron chi connectivity index (χ2n) is 3.35. The van der Waals surface area contributed by atoms with Crippen molar-refractivity contribution in [2.75, 3.05) is 0 Å². The maximum absolute atomic E-state index is 10.7. The molecule has 16 heavy (non-hydrogen) atoms. The number of aromatic nitrogens is 2. The fourth-order valence-electron chi connectivity index (χ4n) is 1.68. The van der Waals surface area contributed by atoms with E-state index >= 15 is 0 Å². The minimum Gasteiger partial charge on any atom is -1.00 e. The number of carboxylic acids is 1. The van der Waals surface area contributed by atoms with Crippen LogP contribution >= 0.6 is 0 Å². The topological polar surface area (TPSA) is 71.0 Å². The van der Waals surface area contributed by atoms with Crippen molar-refractivity contribution in [2.24, 2.45) is 7.05 Å². The molecule has 5 nitrogen and oxygen atoms in total. The van der Waals surface area contributed by atoms with E-state index in [4.69, 9.17) is 10.5 Å². The Morgan fingerprint density at radius 3 is 2.50 bits per heavy atom. The fraction of sp³-hybridized carbons (Fsp3) is 0.200. The van der Waals surface area contributed by atoms with E-state index in [1.807, 2.05) is 24.3 Å². The normalized spacial score (nSPS) is 10.1. The van der Waals surface area contributed by atoms with E-state index in [-0.39, 0.29) is 29.1 Å². The van der Waals surface area contributed by atoms with E-state index in [9.17, 15) is 4.79 Å². The van der Waals surface area contributed by atoms with Crippen molar-refractivity contribution in [1.82, 2.24) is 9.13 Å². The summed E-state index contributed by atoms with van der Waals surface area (Å²) >= 11 is 0. The van der Waals surface area contributed by atoms with Crippen LogP contribution in [0.3, 0.4) is 0 Å². The van der Waals surface area contributed by atoms with Gasteiger partial charge in [0.2, 0.25) is 5.62 Å². The molecule has 0 atom stereocenters. The number of aliphatic carboxylic acids is 1. The Labute approximate surface area is 102 Å². The first-order valence-electron chi connectivity index (χ1n) is 4.52. The highest BCUT2D eigenvalue weighted by Gasteiger charge is 2.09. The zero-order chi connectivity index (χ0) is 11.0. The summed E-state index contributed by atoms with van der Waals surface area (Å²) in [4.78, 5) is 10.7. The fourth-order valence-corrected chi connectivity index (χ4v) is 1.68. The minimum atomic E-state index is -0.940. The molecular formula is C10H11BrN3O2-. The quantitative estimate of drug-likeness (QED) is 0.643. The van der Waals surface area contributed by atoms with Gasteiger partial charge in [-0.3, -0.25) is 14.8 Å². The zero-order valence-corrected chi connectivity index (χ0v) is 10.2. The SMILES string of the molecule is Cn1c(=N)n(CC(=O)O)c2ccccc21.[Br-]. The lowest BCUT2D eigenvalue weighted by molar-refractivity contribution is -0.137. The van der Waals surface area contributed by atoms with Crippen LogP contribution in [-0.2, 0) is 18.4 Å². The maximum atomic E-state index is 10.7. The van der Waals surface area contributed by atoms with Crippen LogP contribution in [0.25, 0.3) is 11.0 Å². The van der Waals surface area contributed by atoms with E-state index in [1.165, 1.54) is 4.57 Å². The number of carboxylic acid groups (broad SMARTS) is 1. The third kappa shape index (κ3) is 1.88. The van der Waals surface area contributed by atoms with Crippen LogP contribution in [0.15, 0.2) is 24.3 Å². The van der Waals surface area contributed by atoms with Crippen molar-refractivity contribution in [3.05, 3.63) is 29.9 Å². The summed E-state index contributed by atoms with van der Waals surface area (Å²) in [6, 6.07) is 7.38. The Kier molecular flexibility index (Phi) is 3.54. The summed E-state index contributed by atoms with van der Waals surface area (Å²) in [5.74, 6) is -0.940. The van der Waals surface area contributed by atoms with Gasteiger partial charge in [0.1, 0.15) is 6.54 Å². The summed E-state index contributed by atoms with van der Waals surface area (Å²) in [6.45, 7) is -0.180. The molecule has 2 aromatic rings. The molecule has 0 spiro atoms. The molecule has 1 heterocycles. The molecule has 0 unspecified atom stereocenters. The van der Waals surface area contributed by atoms with Crippen molar-refractivity contribution < 1.29 is 26.9 Å². The standard InChI is InChI=1S/C10H11N3O2.BrH/c1-12-7-4-2-3-5-8(7)13(10(12)11)6-9(14)15;/h2-5,11H,6H2,1H3,(H,14,15);1H/p-1. The molecule has 0 fully saturated rings. The third-order valence-electron chi connectivity index (χ3n) is 2.40. The van der Waals surface area contributed by atoms with Crippen LogP contribution < -0.4 is 22.6 Å². The van der Waals surface area contributed by atoms with Crippen LogP contribution in [0.1, 0.15) is 0 Å². The molecule has 2 rings (SSSR count). The smallest absolute Gasteiger partial charge is 0.323 e. The van der Waals surface area contributed by atoms with Crippen molar-refractivity contribution in [2.45, 2.75) is 6.54 Å². The van der Waals surface area contributed by atoms with Crippen molar-refractivity contribution in [3.8, 4) is 0 Å². The summed E-state index contributed by atoms with van der Waals surface area (Å²) in [5, 5.41) is 16.5. The Morgan fingerprint density at radius 2 is 1.94 bits per heavy atom. The van der Waals surface area contributed by atoms with Gasteiger partial charge in [0, 0.05) is 7.05 Å². The first-order valence-corrected chi connectivity index (χ1v) is 4.52. The first-order chi connectivity index (χ1) is 7.11. The number of para-hydroxylation sites is 2. The van der Waals surface area contributed by atoms with Gasteiger partial charge in [-0.15, -0.1) is 0 Å². The Balaban J connectivity index is 0.00000128. The molecule has 0 aliphatic rings. The molecule has 1 aromatic heterocycles. The molecular weight excluding hydrogens is 274 g/mol. The number of carbonyl (C=O) groups is 1. The van der Waals surface area contributed by atoms with Gasteiger partial charge < -0.3 is 26.7 Å². The molecule has 0 saturated heterocycles. The number of nitrogens with zero attached hydrogens (tertiary/aromatic N) is 2. The van der Waals surface area contributed by atoms with Crippen LogP contribution in [0.5, 0.6) is 0 Å². The second kappa shape index (κ2) is 4.52. The molecule has 0 amide bonds. The Hall–Kier alpha value is -1.56. The highest BCUT2D eigenvalue weighted by atomic mass is 79.9. The number of hydrogen-bond acceptors (Lipinski definition) is 2. The molecule has 0 aliphatic heterocycles. The van der Waals surface area contributed by atoms with Crippen molar-refractivity contribution in [1.29, 1.82) is 5.41 Å². The van der Waals surface area contributed by atoms with E-state index in [1.54, 1.807) is 11.6 Å². The van der Waals surface area contributed by atoms with Gasteiger partial charge >= 0.3 is 5.97 Å². The number of aryl methyl sites for hydroxylation is 1. The van der Waals surface area contributed by atoms with Crippen LogP contribution in [-0.4, -0.2) is 20.2 Å². The second-order valence-corrected chi connectivity index (χ2v) is 3.35. The molecule has 86 valence electrons. The molecule has 0 radical (unpaired) electrons. The Bertz CT molecular complexity index is 585. The van der Waals surface area contributed by atoms with Gasteiger partial charge in [-0.05, 0) is 12.1 Å². The van der Waals surface area contributed by atoms with Crippen molar-refractivity contribution >= 4 is 17.0 Å². The number of fused-ring (bicyclic) bond motifs is 1. The molecule has 1 aromatic carbocycles. The van der Waals surface area contributed by atoms with E-state index in [2.05, 4.69) is 0 Å². The van der Waals surface area contributed by atoms with Gasteiger partial charge in [-0.2, -0.15) is 0 Å². The molecule has 0 aliphatic carbocycles. The predicted molar refractivity (Wildman–Crippen MR) is 54.4 cm³/mol. The van der Waals surface area contributed by atoms with Gasteiger partial charge in [0.05, 0.1) is 11.0 Å². The van der Waals surface area contributed by atoms with Gasteiger partial charge in [-0.25, -0.2) is 0 Å². The van der Waals surface area contributed by atoms with E-state index < -0.39 is 5.97 Å². The monoisotopic (exact) mass is 284 g/mol. The van der Waals surface area contributed by atoms with Crippen LogP contribution in [0.4, 0.5) is 0 Å². The van der Waals surface area contributed by atoms with Gasteiger partial charge in [0.15, 0.2) is 0 Å². The lowest BCUT2D eigenvalue weighted by Crippen LogP contribution is -3.00. The van der Waals surface area contributed by atoms with E-state index in [0.717, 1.165) is 11.0 Å². The largest absolute Gasteiger partial charge is 1.00 e. The summed E-state index contributed by atoms with van der Waals surface area (Å²) in [7, 11) is 1.75. The van der Waals surface area contributed by atoms with Crippen molar-refractivity contribution in [3.63, 3.8) is 0 Å². The molecule has 6 heteroatoms.